The number of carbonyl (C=O) groups excluding carboxylic acids is 2. The summed E-state index contributed by atoms with van der Waals surface area (Å²) in [7, 11) is 3.48. The molecule has 0 aliphatic rings. The lowest BCUT2D eigenvalue weighted by Crippen LogP contribution is -2.43. The van der Waals surface area contributed by atoms with Crippen LogP contribution in [0.3, 0.4) is 0 Å². The topological polar surface area (TPSA) is 83.8 Å². The fraction of sp³-hybridized carbons (Fsp3) is 0.238. The summed E-state index contributed by atoms with van der Waals surface area (Å²) in [6.45, 7) is 0.919. The van der Waals surface area contributed by atoms with Gasteiger partial charge in [0.25, 0.3) is 0 Å². The molecule has 3 aromatic rings. The molecule has 28 heavy (non-hydrogen) atoms. The molecule has 0 unspecified atom stereocenters. The standard InChI is InChI=1S/C21H23N3O4/c1-24(14-20(25)23-21(26)22-12-19-4-3-9-28-19)13-15-5-6-17-11-18(27-2)8-7-16(17)10-15/h3-11H,12-14H2,1-2H3,(H2,22,23,25,26). The highest BCUT2D eigenvalue weighted by Crippen LogP contribution is 2.22. The molecule has 7 heteroatoms. The van der Waals surface area contributed by atoms with Crippen LogP contribution in [-0.4, -0.2) is 37.5 Å². The van der Waals surface area contributed by atoms with E-state index in [0.29, 0.717) is 12.3 Å². The summed E-state index contributed by atoms with van der Waals surface area (Å²) >= 11 is 0. The van der Waals surface area contributed by atoms with E-state index in [1.807, 2.05) is 42.3 Å². The number of hydrogen-bond donors (Lipinski definition) is 2. The Morgan fingerprint density at radius 3 is 2.64 bits per heavy atom. The van der Waals surface area contributed by atoms with Crippen LogP contribution < -0.4 is 15.4 Å². The second-order valence-electron chi connectivity index (χ2n) is 6.53. The number of furan rings is 1. The first-order valence-electron chi connectivity index (χ1n) is 8.89. The Kier molecular flexibility index (Phi) is 6.29. The number of ether oxygens (including phenoxy) is 1. The highest BCUT2D eigenvalue weighted by molar-refractivity contribution is 5.95. The average Bonchev–Trinajstić information content (AvgIpc) is 3.19. The lowest BCUT2D eigenvalue weighted by Gasteiger charge is -2.16. The van der Waals surface area contributed by atoms with Gasteiger partial charge in [-0.3, -0.25) is 15.0 Å². The van der Waals surface area contributed by atoms with Crippen LogP contribution in [0.1, 0.15) is 11.3 Å². The Morgan fingerprint density at radius 2 is 1.89 bits per heavy atom. The minimum absolute atomic E-state index is 0.106. The first-order chi connectivity index (χ1) is 13.5. The van der Waals surface area contributed by atoms with E-state index in [9.17, 15) is 9.59 Å². The van der Waals surface area contributed by atoms with Crippen molar-refractivity contribution >= 4 is 22.7 Å². The van der Waals surface area contributed by atoms with Gasteiger partial charge >= 0.3 is 6.03 Å². The van der Waals surface area contributed by atoms with Gasteiger partial charge in [-0.05, 0) is 53.7 Å². The third-order valence-electron chi connectivity index (χ3n) is 4.23. The van der Waals surface area contributed by atoms with Gasteiger partial charge in [0.2, 0.25) is 5.91 Å². The number of nitrogens with one attached hydrogen (secondary N) is 2. The van der Waals surface area contributed by atoms with Gasteiger partial charge in [-0.25, -0.2) is 4.79 Å². The van der Waals surface area contributed by atoms with Gasteiger partial charge in [-0.1, -0.05) is 18.2 Å². The SMILES string of the molecule is COc1ccc2cc(CN(C)CC(=O)NC(=O)NCc3ccco3)ccc2c1. The molecule has 1 heterocycles. The normalized spacial score (nSPS) is 10.8. The summed E-state index contributed by atoms with van der Waals surface area (Å²) in [5.74, 6) is 1.07. The van der Waals surface area contributed by atoms with E-state index >= 15 is 0 Å². The first-order valence-corrected chi connectivity index (χ1v) is 8.89. The molecular formula is C21H23N3O4. The van der Waals surface area contributed by atoms with Gasteiger partial charge in [-0.2, -0.15) is 0 Å². The summed E-state index contributed by atoms with van der Waals surface area (Å²) in [6.07, 6.45) is 1.53. The molecule has 0 aliphatic heterocycles. The number of nitrogens with zero attached hydrogens (tertiary/aromatic N) is 1. The Labute approximate surface area is 163 Å². The van der Waals surface area contributed by atoms with Crippen LogP contribution in [0.5, 0.6) is 5.75 Å². The molecule has 0 bridgehead atoms. The van der Waals surface area contributed by atoms with Crippen LogP contribution in [0.4, 0.5) is 4.79 Å². The van der Waals surface area contributed by atoms with Gasteiger partial charge < -0.3 is 14.5 Å². The number of fused-ring (bicyclic) bond motifs is 1. The molecule has 146 valence electrons. The molecule has 0 aliphatic carbocycles. The summed E-state index contributed by atoms with van der Waals surface area (Å²) in [5, 5.41) is 7.09. The molecule has 2 aromatic carbocycles. The smallest absolute Gasteiger partial charge is 0.321 e. The number of hydrogen-bond acceptors (Lipinski definition) is 5. The van der Waals surface area contributed by atoms with Crippen LogP contribution in [0.15, 0.2) is 59.2 Å². The van der Waals surface area contributed by atoms with Gasteiger partial charge in [-0.15, -0.1) is 0 Å². The molecule has 0 fully saturated rings. The fourth-order valence-corrected chi connectivity index (χ4v) is 2.90. The van der Waals surface area contributed by atoms with E-state index in [-0.39, 0.29) is 19.0 Å². The van der Waals surface area contributed by atoms with Crippen molar-refractivity contribution in [2.75, 3.05) is 20.7 Å². The molecular weight excluding hydrogens is 358 g/mol. The fourth-order valence-electron chi connectivity index (χ4n) is 2.90. The molecule has 2 N–H and O–H groups in total. The van der Waals surface area contributed by atoms with E-state index in [4.69, 9.17) is 9.15 Å². The van der Waals surface area contributed by atoms with E-state index in [1.54, 1.807) is 19.2 Å². The number of carbonyl (C=O) groups is 2. The number of urea groups is 1. The highest BCUT2D eigenvalue weighted by atomic mass is 16.5. The highest BCUT2D eigenvalue weighted by Gasteiger charge is 2.11. The zero-order chi connectivity index (χ0) is 19.9. The number of likely N-dealkylation sites (N-methyl/N-ethyl adjacent to an activating group) is 1. The lowest BCUT2D eigenvalue weighted by molar-refractivity contribution is -0.120. The minimum atomic E-state index is -0.547. The van der Waals surface area contributed by atoms with E-state index in [0.717, 1.165) is 22.1 Å². The van der Waals surface area contributed by atoms with Crippen molar-refractivity contribution < 1.29 is 18.7 Å². The van der Waals surface area contributed by atoms with Crippen molar-refractivity contribution in [2.45, 2.75) is 13.1 Å². The third-order valence-corrected chi connectivity index (χ3v) is 4.23. The van der Waals surface area contributed by atoms with Crippen LogP contribution >= 0.6 is 0 Å². The van der Waals surface area contributed by atoms with E-state index < -0.39 is 6.03 Å². The van der Waals surface area contributed by atoms with Crippen molar-refractivity contribution in [3.63, 3.8) is 0 Å². The monoisotopic (exact) mass is 381 g/mol. The molecule has 0 saturated heterocycles. The molecule has 0 atom stereocenters. The molecule has 1 aromatic heterocycles. The van der Waals surface area contributed by atoms with E-state index in [1.165, 1.54) is 6.26 Å². The molecule has 0 spiro atoms. The predicted octanol–water partition coefficient (Wildman–Crippen LogP) is 2.90. The largest absolute Gasteiger partial charge is 0.497 e. The average molecular weight is 381 g/mol. The third kappa shape index (κ3) is 5.34. The summed E-state index contributed by atoms with van der Waals surface area (Å²) in [4.78, 5) is 25.7. The van der Waals surface area contributed by atoms with Crippen LogP contribution in [-0.2, 0) is 17.9 Å². The van der Waals surface area contributed by atoms with Crippen LogP contribution in [0.25, 0.3) is 10.8 Å². The second kappa shape index (κ2) is 9.05. The zero-order valence-corrected chi connectivity index (χ0v) is 15.9. The van der Waals surface area contributed by atoms with Crippen molar-refractivity contribution in [1.82, 2.24) is 15.5 Å². The van der Waals surface area contributed by atoms with Crippen molar-refractivity contribution in [1.29, 1.82) is 0 Å². The molecule has 3 amide bonds. The lowest BCUT2D eigenvalue weighted by atomic mass is 10.1. The maximum Gasteiger partial charge on any atom is 0.321 e. The second-order valence-corrected chi connectivity index (χ2v) is 6.53. The molecule has 0 saturated carbocycles. The summed E-state index contributed by atoms with van der Waals surface area (Å²) in [5.41, 5.74) is 1.08. The van der Waals surface area contributed by atoms with Gasteiger partial charge in [0.15, 0.2) is 0 Å². The maximum atomic E-state index is 12.0. The van der Waals surface area contributed by atoms with Crippen molar-refractivity contribution in [2.24, 2.45) is 0 Å². The van der Waals surface area contributed by atoms with Crippen molar-refractivity contribution in [3.05, 3.63) is 66.1 Å². The van der Waals surface area contributed by atoms with Gasteiger partial charge in [0.1, 0.15) is 11.5 Å². The van der Waals surface area contributed by atoms with Crippen LogP contribution in [0, 0.1) is 0 Å². The van der Waals surface area contributed by atoms with Crippen molar-refractivity contribution in [3.8, 4) is 5.75 Å². The summed E-state index contributed by atoms with van der Waals surface area (Å²) < 4.78 is 10.4. The Bertz CT molecular complexity index is 953. The predicted molar refractivity (Wildman–Crippen MR) is 106 cm³/mol. The maximum absolute atomic E-state index is 12.0. The minimum Gasteiger partial charge on any atom is -0.497 e. The number of methoxy groups -OCH3 is 1. The number of amides is 3. The Hall–Kier alpha value is -3.32. The van der Waals surface area contributed by atoms with Gasteiger partial charge in [0, 0.05) is 6.54 Å². The number of rotatable bonds is 7. The Morgan fingerprint density at radius 1 is 1.11 bits per heavy atom. The zero-order valence-electron chi connectivity index (χ0n) is 15.9. The Balaban J connectivity index is 1.48. The molecule has 0 radical (unpaired) electrons. The quantitative estimate of drug-likeness (QED) is 0.657. The number of imide groups is 1. The van der Waals surface area contributed by atoms with Gasteiger partial charge in [0.05, 0.1) is 26.5 Å². The summed E-state index contributed by atoms with van der Waals surface area (Å²) in [6, 6.07) is 15.0. The molecule has 3 rings (SSSR count). The molecule has 7 nitrogen and oxygen atoms in total. The van der Waals surface area contributed by atoms with E-state index in [2.05, 4.69) is 16.7 Å². The number of benzene rings is 2. The van der Waals surface area contributed by atoms with Crippen LogP contribution in [0.2, 0.25) is 0 Å². The first kappa shape index (κ1) is 19.4.